The van der Waals surface area contributed by atoms with Gasteiger partial charge in [-0.1, -0.05) is 41.5 Å². The second-order valence-electron chi connectivity index (χ2n) is 6.95. The van der Waals surface area contributed by atoms with E-state index >= 15 is 0 Å². The van der Waals surface area contributed by atoms with Gasteiger partial charge < -0.3 is 4.74 Å². The van der Waals surface area contributed by atoms with Crippen molar-refractivity contribution >= 4 is 5.97 Å². The summed E-state index contributed by atoms with van der Waals surface area (Å²) in [5.74, 6) is -0.0477. The van der Waals surface area contributed by atoms with Crippen LogP contribution < -0.4 is 0 Å². The van der Waals surface area contributed by atoms with Crippen molar-refractivity contribution in [3.63, 3.8) is 0 Å². The Bertz CT molecular complexity index is 184. The molecule has 0 aliphatic rings. The van der Waals surface area contributed by atoms with E-state index in [1.807, 2.05) is 0 Å². The summed E-state index contributed by atoms with van der Waals surface area (Å²) in [5, 5.41) is 0. The van der Waals surface area contributed by atoms with Gasteiger partial charge in [-0.25, -0.2) is 0 Å². The third-order valence-corrected chi connectivity index (χ3v) is 2.42. The van der Waals surface area contributed by atoms with Gasteiger partial charge in [0.25, 0.3) is 0 Å². The van der Waals surface area contributed by atoms with E-state index in [0.717, 1.165) is 19.3 Å². The summed E-state index contributed by atoms with van der Waals surface area (Å²) >= 11 is 0. The van der Waals surface area contributed by atoms with Gasteiger partial charge in [-0.3, -0.25) is 4.79 Å². The van der Waals surface area contributed by atoms with Crippen LogP contribution in [0.2, 0.25) is 0 Å². The van der Waals surface area contributed by atoms with E-state index in [1.165, 1.54) is 0 Å². The van der Waals surface area contributed by atoms with Crippen molar-refractivity contribution in [2.24, 2.45) is 10.8 Å². The van der Waals surface area contributed by atoms with Gasteiger partial charge in [0, 0.05) is 6.42 Å². The molecular weight excluding hydrogens is 200 g/mol. The molecule has 0 bridgehead atoms. The van der Waals surface area contributed by atoms with Crippen LogP contribution in [0, 0.1) is 10.8 Å². The Morgan fingerprint density at radius 2 is 1.44 bits per heavy atom. The van der Waals surface area contributed by atoms with Crippen LogP contribution in [0.1, 0.15) is 67.2 Å². The minimum atomic E-state index is -0.0477. The fraction of sp³-hybridized carbons (Fsp3) is 0.929. The third-order valence-electron chi connectivity index (χ3n) is 2.42. The lowest BCUT2D eigenvalue weighted by Crippen LogP contribution is -2.13. The number of hydrogen-bond acceptors (Lipinski definition) is 2. The molecule has 2 nitrogen and oxygen atoms in total. The van der Waals surface area contributed by atoms with Crippen molar-refractivity contribution in [2.75, 3.05) is 6.61 Å². The lowest BCUT2D eigenvalue weighted by molar-refractivity contribution is -0.144. The summed E-state index contributed by atoms with van der Waals surface area (Å²) < 4.78 is 5.19. The normalized spacial score (nSPS) is 12.6. The van der Waals surface area contributed by atoms with Gasteiger partial charge in [0.15, 0.2) is 0 Å². The smallest absolute Gasteiger partial charge is 0.305 e. The van der Waals surface area contributed by atoms with E-state index in [9.17, 15) is 4.79 Å². The third kappa shape index (κ3) is 11.5. The maximum atomic E-state index is 11.4. The number of hydrogen-bond donors (Lipinski definition) is 0. The van der Waals surface area contributed by atoms with Gasteiger partial charge in [-0.15, -0.1) is 0 Å². The predicted octanol–water partition coefficient (Wildman–Crippen LogP) is 4.18. The first kappa shape index (κ1) is 15.5. The van der Waals surface area contributed by atoms with Gasteiger partial charge in [0.2, 0.25) is 0 Å². The first-order valence-electron chi connectivity index (χ1n) is 6.26. The number of rotatable bonds is 5. The molecule has 16 heavy (non-hydrogen) atoms. The lowest BCUT2D eigenvalue weighted by atomic mass is 9.90. The van der Waals surface area contributed by atoms with Crippen LogP contribution in [-0.2, 0) is 9.53 Å². The zero-order valence-electron chi connectivity index (χ0n) is 11.9. The molecule has 0 aromatic rings. The molecule has 0 aliphatic heterocycles. The van der Waals surface area contributed by atoms with E-state index in [2.05, 4.69) is 41.5 Å². The Balaban J connectivity index is 3.53. The predicted molar refractivity (Wildman–Crippen MR) is 68.3 cm³/mol. The average Bonchev–Trinajstić information content (AvgIpc) is 1.98. The molecule has 0 atom stereocenters. The average molecular weight is 228 g/mol. The first-order valence-corrected chi connectivity index (χ1v) is 6.26. The molecule has 0 spiro atoms. The molecule has 0 aromatic heterocycles. The molecule has 0 N–H and O–H groups in total. The topological polar surface area (TPSA) is 26.3 Å². The standard InChI is InChI=1S/C14H28O2/c1-13(2,3)9-7-8-12(15)16-11-10-14(4,5)6/h7-11H2,1-6H3. The highest BCUT2D eigenvalue weighted by Crippen LogP contribution is 2.22. The monoisotopic (exact) mass is 228 g/mol. The first-order chi connectivity index (χ1) is 7.10. The molecule has 0 rings (SSSR count). The van der Waals surface area contributed by atoms with Crippen molar-refractivity contribution in [1.82, 2.24) is 0 Å². The molecular formula is C14H28O2. The maximum absolute atomic E-state index is 11.4. The Morgan fingerprint density at radius 1 is 0.938 bits per heavy atom. The number of carbonyl (C=O) groups is 1. The van der Waals surface area contributed by atoms with E-state index in [1.54, 1.807) is 0 Å². The molecule has 0 unspecified atom stereocenters. The molecule has 2 heteroatoms. The largest absolute Gasteiger partial charge is 0.466 e. The van der Waals surface area contributed by atoms with Crippen LogP contribution >= 0.6 is 0 Å². The molecule has 0 heterocycles. The molecule has 0 saturated heterocycles. The Hall–Kier alpha value is -0.530. The maximum Gasteiger partial charge on any atom is 0.305 e. The minimum Gasteiger partial charge on any atom is -0.466 e. The second kappa shape index (κ2) is 6.27. The summed E-state index contributed by atoms with van der Waals surface area (Å²) in [7, 11) is 0. The fourth-order valence-electron chi connectivity index (χ4n) is 1.31. The van der Waals surface area contributed by atoms with Crippen molar-refractivity contribution < 1.29 is 9.53 Å². The Morgan fingerprint density at radius 3 is 1.88 bits per heavy atom. The number of carbonyl (C=O) groups excluding carboxylic acids is 1. The second-order valence-corrected chi connectivity index (χ2v) is 6.95. The zero-order chi connectivity index (χ0) is 12.8. The quantitative estimate of drug-likeness (QED) is 0.660. The van der Waals surface area contributed by atoms with E-state index in [-0.39, 0.29) is 11.4 Å². The van der Waals surface area contributed by atoms with Crippen LogP contribution in [0.4, 0.5) is 0 Å². The SMILES string of the molecule is CC(C)(C)CCCC(=O)OCCC(C)(C)C. The van der Waals surface area contributed by atoms with Crippen LogP contribution in [0.25, 0.3) is 0 Å². The van der Waals surface area contributed by atoms with Gasteiger partial charge >= 0.3 is 5.97 Å². The highest BCUT2D eigenvalue weighted by Gasteiger charge is 2.13. The summed E-state index contributed by atoms with van der Waals surface area (Å²) in [5.41, 5.74) is 0.553. The molecule has 96 valence electrons. The van der Waals surface area contributed by atoms with Gasteiger partial charge in [-0.05, 0) is 30.1 Å². The fourth-order valence-corrected chi connectivity index (χ4v) is 1.31. The van der Waals surface area contributed by atoms with Crippen molar-refractivity contribution in [1.29, 1.82) is 0 Å². The van der Waals surface area contributed by atoms with E-state index in [0.29, 0.717) is 18.4 Å². The Labute approximate surface area is 101 Å². The summed E-state index contributed by atoms with van der Waals surface area (Å²) in [6.45, 7) is 13.6. The molecule has 0 radical (unpaired) electrons. The van der Waals surface area contributed by atoms with Crippen LogP contribution in [0.3, 0.4) is 0 Å². The summed E-state index contributed by atoms with van der Waals surface area (Å²) in [6, 6.07) is 0. The molecule has 0 aliphatic carbocycles. The zero-order valence-corrected chi connectivity index (χ0v) is 11.9. The van der Waals surface area contributed by atoms with Gasteiger partial charge in [0.1, 0.15) is 0 Å². The van der Waals surface area contributed by atoms with E-state index in [4.69, 9.17) is 4.74 Å². The van der Waals surface area contributed by atoms with Crippen LogP contribution in [0.5, 0.6) is 0 Å². The lowest BCUT2D eigenvalue weighted by Gasteiger charge is -2.18. The van der Waals surface area contributed by atoms with Crippen molar-refractivity contribution in [2.45, 2.75) is 67.2 Å². The number of esters is 1. The van der Waals surface area contributed by atoms with Crippen molar-refractivity contribution in [3.05, 3.63) is 0 Å². The highest BCUT2D eigenvalue weighted by atomic mass is 16.5. The summed E-state index contributed by atoms with van der Waals surface area (Å²) in [4.78, 5) is 11.4. The number of ether oxygens (including phenoxy) is 1. The molecule has 0 fully saturated rings. The van der Waals surface area contributed by atoms with E-state index < -0.39 is 0 Å². The van der Waals surface area contributed by atoms with Crippen molar-refractivity contribution in [3.8, 4) is 0 Å². The molecule has 0 aromatic carbocycles. The molecule has 0 amide bonds. The highest BCUT2D eigenvalue weighted by molar-refractivity contribution is 5.69. The van der Waals surface area contributed by atoms with Crippen LogP contribution in [-0.4, -0.2) is 12.6 Å². The van der Waals surface area contributed by atoms with Gasteiger partial charge in [0.05, 0.1) is 6.61 Å². The summed E-state index contributed by atoms with van der Waals surface area (Å²) in [6.07, 6.45) is 3.48. The minimum absolute atomic E-state index is 0.0477. The van der Waals surface area contributed by atoms with Gasteiger partial charge in [-0.2, -0.15) is 0 Å². The molecule has 0 saturated carbocycles. The Kier molecular flexibility index (Phi) is 6.06. The van der Waals surface area contributed by atoms with Crippen LogP contribution in [0.15, 0.2) is 0 Å².